The number of nitrogens with two attached hydrogens (primary N) is 1. The van der Waals surface area contributed by atoms with Gasteiger partial charge < -0.3 is 69.7 Å². The Kier molecular flexibility index (Phi) is 14.9. The molecule has 0 amide bonds. The summed E-state index contributed by atoms with van der Waals surface area (Å²) in [5, 5.41) is 50.0. The number of imidazole rings is 1. The second-order valence-corrected chi connectivity index (χ2v) is 14.3. The number of aromatic nitrogens is 5. The number of aliphatic hydroxyl groups excluding tert-OH is 3. The van der Waals surface area contributed by atoms with Crippen molar-refractivity contribution in [1.82, 2.24) is 19.5 Å². The van der Waals surface area contributed by atoms with Gasteiger partial charge in [-0.25, -0.2) is 23.8 Å². The fourth-order valence-corrected chi connectivity index (χ4v) is 7.40. The molecule has 2 saturated heterocycles. The SMILES string of the molecule is N=C([O-])c1ccc[n+]([C@@H]2O[C@H](COP(=O)(O)OP(=O)([O-])OC[C@H]3O[C@@H](n4cnc5c(N)ncnc54)[C@H](OP(=O)([O-])O)[C@@H]3O)[C@@H](O)[C@H]2O)c1.[Na+].[Na+]. The molecule has 0 bridgehead atoms. The number of pyridine rings is 1. The molecule has 11 atom stereocenters. The van der Waals surface area contributed by atoms with Crippen molar-refractivity contribution in [1.29, 1.82) is 5.41 Å². The first-order valence-electron chi connectivity index (χ1n) is 13.3. The molecule has 0 spiro atoms. The van der Waals surface area contributed by atoms with Crippen molar-refractivity contribution in [2.45, 2.75) is 49.1 Å². The number of nitrogens with one attached hydrogen (secondary N) is 1. The second kappa shape index (κ2) is 17.1. The number of nitrogen functional groups attached to an aromatic ring is 1. The van der Waals surface area contributed by atoms with Crippen LogP contribution < -0.4 is 84.3 Å². The molecule has 0 radical (unpaired) electrons. The smallest absolute Gasteiger partial charge is 0.859 e. The molecule has 264 valence electrons. The van der Waals surface area contributed by atoms with Gasteiger partial charge in [0, 0.05) is 11.6 Å². The maximum absolute atomic E-state index is 12.4. The third-order valence-electron chi connectivity index (χ3n) is 6.95. The number of anilines is 1. The van der Waals surface area contributed by atoms with E-state index in [0.29, 0.717) is 0 Å². The molecule has 3 aromatic rings. The fraction of sp³-hybridized carbons (Fsp3) is 0.476. The molecule has 3 aromatic heterocycles. The Bertz CT molecular complexity index is 1820. The van der Waals surface area contributed by atoms with Crippen LogP contribution in [-0.4, -0.2) is 100 Å². The predicted molar refractivity (Wildman–Crippen MR) is 144 cm³/mol. The van der Waals surface area contributed by atoms with Crippen LogP contribution in [0.25, 0.3) is 11.2 Å². The summed E-state index contributed by atoms with van der Waals surface area (Å²) in [5.41, 5.74) is 5.66. The molecular formula is C21H26N7Na2O17P3. The zero-order valence-corrected chi connectivity index (χ0v) is 32.5. The van der Waals surface area contributed by atoms with Crippen molar-refractivity contribution >= 4 is 46.3 Å². The van der Waals surface area contributed by atoms with Crippen LogP contribution in [0.1, 0.15) is 18.0 Å². The maximum Gasteiger partial charge on any atom is 1.00 e. The molecule has 0 aromatic carbocycles. The van der Waals surface area contributed by atoms with Crippen molar-refractivity contribution in [2.75, 3.05) is 18.9 Å². The van der Waals surface area contributed by atoms with Gasteiger partial charge in [-0.1, -0.05) is 0 Å². The average molecular weight is 787 g/mol. The molecule has 50 heavy (non-hydrogen) atoms. The van der Waals surface area contributed by atoms with Crippen LogP contribution in [0, 0.1) is 5.41 Å². The molecule has 5 rings (SSSR count). The van der Waals surface area contributed by atoms with E-state index in [1.54, 1.807) is 0 Å². The Morgan fingerprint density at radius 2 is 1.68 bits per heavy atom. The quantitative estimate of drug-likeness (QED) is 0.0278. The number of hydrogen-bond acceptors (Lipinski definition) is 20. The summed E-state index contributed by atoms with van der Waals surface area (Å²) in [6.07, 6.45) is -9.01. The molecule has 3 unspecified atom stereocenters. The number of ether oxygens (including phenoxy) is 2. The summed E-state index contributed by atoms with van der Waals surface area (Å²) in [7, 11) is -16.9. The topological polar surface area (TPSA) is 374 Å². The molecule has 0 aliphatic carbocycles. The molecule has 2 aliphatic rings. The summed E-state index contributed by atoms with van der Waals surface area (Å²) in [6.45, 7) is -2.17. The number of phosphoric ester groups is 3. The van der Waals surface area contributed by atoms with E-state index in [9.17, 15) is 53.7 Å². The van der Waals surface area contributed by atoms with E-state index in [-0.39, 0.29) is 81.7 Å². The van der Waals surface area contributed by atoms with Gasteiger partial charge >= 0.3 is 66.9 Å². The van der Waals surface area contributed by atoms with Gasteiger partial charge in [0.25, 0.3) is 21.9 Å². The van der Waals surface area contributed by atoms with Gasteiger partial charge in [-0.15, -0.1) is 0 Å². The number of rotatable bonds is 13. The number of nitrogens with zero attached hydrogens (tertiary/aromatic N) is 5. The standard InChI is InChI=1S/C21H28N7O17P3.2Na/c22-17-12-19(25-7-24-17)28(8-26-12)21-16(44-46(33,34)35)14(30)11(43-21)6-41-48(38,39)45-47(36,37)40-5-10-13(29)15(31)20(42-10)27-3-1-2-9(4-27)18(23)32;;/h1-4,7-8,10-11,13-16,20-21,29-31H,5-6H2,(H7-,22,23,24,25,32,33,34,35,36,37,38,39);;/q;2*+1/p-2/t10-,11-,13-,14-,15-,16-,20-,21-;;/m1../s1. The van der Waals surface area contributed by atoms with Crippen LogP contribution >= 0.6 is 23.5 Å². The van der Waals surface area contributed by atoms with Crippen LogP contribution in [0.3, 0.4) is 0 Å². The maximum atomic E-state index is 12.4. The summed E-state index contributed by atoms with van der Waals surface area (Å²) in [4.78, 5) is 54.9. The molecule has 2 fully saturated rings. The Morgan fingerprint density at radius 3 is 2.34 bits per heavy atom. The van der Waals surface area contributed by atoms with E-state index in [1.807, 2.05) is 0 Å². The molecule has 8 N–H and O–H groups in total. The Labute approximate surface area is 324 Å². The monoisotopic (exact) mass is 787 g/mol. The van der Waals surface area contributed by atoms with Gasteiger partial charge in [-0.3, -0.25) is 18.2 Å². The number of fused-ring (bicyclic) bond motifs is 1. The normalized spacial score (nSPS) is 30.1. The third-order valence-corrected chi connectivity index (χ3v) is 10.0. The zero-order chi connectivity index (χ0) is 35.2. The van der Waals surface area contributed by atoms with E-state index in [1.165, 1.54) is 18.3 Å². The van der Waals surface area contributed by atoms with Crippen molar-refractivity contribution in [3.63, 3.8) is 0 Å². The van der Waals surface area contributed by atoms with Crippen molar-refractivity contribution in [3.05, 3.63) is 42.7 Å². The van der Waals surface area contributed by atoms with Crippen LogP contribution in [0.2, 0.25) is 0 Å². The van der Waals surface area contributed by atoms with Crippen molar-refractivity contribution in [3.8, 4) is 0 Å². The van der Waals surface area contributed by atoms with Crippen molar-refractivity contribution in [2.24, 2.45) is 0 Å². The number of hydrogen-bond donors (Lipinski definition) is 7. The summed E-state index contributed by atoms with van der Waals surface area (Å²) in [5.74, 6) is -1.13. The zero-order valence-electron chi connectivity index (χ0n) is 25.8. The van der Waals surface area contributed by atoms with E-state index in [2.05, 4.69) is 32.8 Å². The molecule has 29 heteroatoms. The van der Waals surface area contributed by atoms with Crippen LogP contribution in [-0.2, 0) is 41.1 Å². The van der Waals surface area contributed by atoms with E-state index in [4.69, 9.17) is 20.6 Å². The fourth-order valence-electron chi connectivity index (χ4n) is 4.81. The second-order valence-electron chi connectivity index (χ2n) is 10.2. The van der Waals surface area contributed by atoms with E-state index < -0.39 is 91.7 Å². The predicted octanol–water partition coefficient (Wildman–Crippen LogP) is -10.6. The third kappa shape index (κ3) is 10.2. The molecule has 24 nitrogen and oxygen atoms in total. The van der Waals surface area contributed by atoms with Crippen LogP contribution in [0.5, 0.6) is 0 Å². The Morgan fingerprint density at radius 1 is 1.02 bits per heavy atom. The largest absolute Gasteiger partial charge is 1.00 e. The van der Waals surface area contributed by atoms with Crippen LogP contribution in [0.4, 0.5) is 5.82 Å². The number of phosphoric acid groups is 3. The van der Waals surface area contributed by atoms with Crippen molar-refractivity contribution < 1.29 is 145 Å². The average Bonchev–Trinajstić information content (AvgIpc) is 3.64. The summed E-state index contributed by atoms with van der Waals surface area (Å²) < 4.78 is 67.4. The van der Waals surface area contributed by atoms with E-state index in [0.717, 1.165) is 28.0 Å². The Balaban J connectivity index is 0.00000338. The first-order chi connectivity index (χ1) is 22.4. The van der Waals surface area contributed by atoms with Gasteiger partial charge in [0.2, 0.25) is 0 Å². The molecule has 0 saturated carbocycles. The van der Waals surface area contributed by atoms with Crippen LogP contribution in [0.15, 0.2) is 37.2 Å². The van der Waals surface area contributed by atoms with Gasteiger partial charge in [0.15, 0.2) is 36.2 Å². The minimum Gasteiger partial charge on any atom is -0.859 e. The summed E-state index contributed by atoms with van der Waals surface area (Å²) >= 11 is 0. The Hall–Kier alpha value is -0.860. The molecular weight excluding hydrogens is 761 g/mol. The van der Waals surface area contributed by atoms with Gasteiger partial charge in [-0.2, -0.15) is 4.57 Å². The molecule has 2 aliphatic heterocycles. The van der Waals surface area contributed by atoms with E-state index >= 15 is 0 Å². The molecule has 5 heterocycles. The number of aliphatic hydroxyl groups is 3. The van der Waals surface area contributed by atoms with Gasteiger partial charge in [-0.05, 0) is 12.0 Å². The first kappa shape index (κ1) is 43.5. The van der Waals surface area contributed by atoms with Gasteiger partial charge in [0.1, 0.15) is 42.4 Å². The van der Waals surface area contributed by atoms with Gasteiger partial charge in [0.05, 0.1) is 19.5 Å². The summed E-state index contributed by atoms with van der Waals surface area (Å²) in [6, 6.07) is 2.67. The minimum atomic E-state index is -5.79. The first-order valence-corrected chi connectivity index (χ1v) is 17.7. The minimum absolute atomic E-state index is 0.